The van der Waals surface area contributed by atoms with Gasteiger partial charge in [-0.3, -0.25) is 9.88 Å². The third kappa shape index (κ3) is 4.89. The molecule has 1 unspecified atom stereocenters. The molecule has 1 aliphatic rings. The highest BCUT2D eigenvalue weighted by atomic mass is 15.1. The molecule has 0 spiro atoms. The number of nitrogens with zero attached hydrogens (tertiary/aromatic N) is 2. The fourth-order valence-electron chi connectivity index (χ4n) is 3.45. The minimum atomic E-state index is 0.566. The lowest BCUT2D eigenvalue weighted by Crippen LogP contribution is -2.43. The van der Waals surface area contributed by atoms with E-state index in [9.17, 15) is 0 Å². The first kappa shape index (κ1) is 17.1. The number of hydrogen-bond donors (Lipinski definition) is 1. The number of nitrogens with one attached hydrogen (secondary N) is 1. The first-order chi connectivity index (χ1) is 11.7. The zero-order chi connectivity index (χ0) is 16.8. The Morgan fingerprint density at radius 1 is 1.17 bits per heavy atom. The van der Waals surface area contributed by atoms with Crippen LogP contribution in [0.4, 0.5) is 0 Å². The summed E-state index contributed by atoms with van der Waals surface area (Å²) in [5, 5.41) is 3.78. The van der Waals surface area contributed by atoms with Gasteiger partial charge in [0, 0.05) is 38.4 Å². The Kier molecular flexibility index (Phi) is 6.00. The van der Waals surface area contributed by atoms with Crippen molar-refractivity contribution >= 4 is 0 Å². The smallest absolute Gasteiger partial charge is 0.0543 e. The van der Waals surface area contributed by atoms with E-state index in [1.807, 2.05) is 12.3 Å². The first-order valence-corrected chi connectivity index (χ1v) is 9.13. The van der Waals surface area contributed by atoms with E-state index in [-0.39, 0.29) is 0 Å². The summed E-state index contributed by atoms with van der Waals surface area (Å²) in [5.74, 6) is 0.566. The Bertz CT molecular complexity index is 618. The zero-order valence-electron chi connectivity index (χ0n) is 14.9. The molecule has 24 heavy (non-hydrogen) atoms. The van der Waals surface area contributed by atoms with Crippen LogP contribution in [-0.2, 0) is 6.54 Å². The van der Waals surface area contributed by atoms with E-state index in [1.165, 1.54) is 29.7 Å². The summed E-state index contributed by atoms with van der Waals surface area (Å²) < 4.78 is 0. The van der Waals surface area contributed by atoms with Gasteiger partial charge in [-0.15, -0.1) is 0 Å². The number of hydrogen-bond acceptors (Lipinski definition) is 3. The molecule has 128 valence electrons. The molecular weight excluding hydrogens is 294 g/mol. The number of rotatable bonds is 6. The zero-order valence-corrected chi connectivity index (χ0v) is 14.9. The van der Waals surface area contributed by atoms with E-state index in [2.05, 4.69) is 65.4 Å². The molecule has 3 heteroatoms. The second-order valence-corrected chi connectivity index (χ2v) is 7.09. The maximum Gasteiger partial charge on any atom is 0.0543 e. The van der Waals surface area contributed by atoms with E-state index in [0.717, 1.165) is 26.2 Å². The summed E-state index contributed by atoms with van der Waals surface area (Å²) in [6, 6.07) is 15.7. The van der Waals surface area contributed by atoms with Crippen molar-refractivity contribution in [2.75, 3.05) is 19.6 Å². The van der Waals surface area contributed by atoms with Gasteiger partial charge in [-0.2, -0.15) is 0 Å². The van der Waals surface area contributed by atoms with E-state index in [4.69, 9.17) is 0 Å². The number of aryl methyl sites for hydroxylation is 1. The van der Waals surface area contributed by atoms with Crippen molar-refractivity contribution in [3.05, 3.63) is 65.5 Å². The molecule has 0 radical (unpaired) electrons. The standard InChI is InChI=1S/C21H29N3/c1-17-6-5-7-19(14-17)18(2)15-23-20-9-12-24(13-10-20)16-21-8-3-4-11-22-21/h3-8,11,14,18,20,23H,9-10,12-13,15-16H2,1-2H3. The Hall–Kier alpha value is -1.71. The second kappa shape index (κ2) is 8.41. The van der Waals surface area contributed by atoms with Crippen molar-refractivity contribution in [1.82, 2.24) is 15.2 Å². The molecule has 0 amide bonds. The number of aromatic nitrogens is 1. The van der Waals surface area contributed by atoms with Crippen LogP contribution in [0, 0.1) is 6.92 Å². The molecule has 3 rings (SSSR count). The van der Waals surface area contributed by atoms with Crippen LogP contribution >= 0.6 is 0 Å². The minimum Gasteiger partial charge on any atom is -0.313 e. The molecule has 1 atom stereocenters. The van der Waals surface area contributed by atoms with Gasteiger partial charge in [0.25, 0.3) is 0 Å². The van der Waals surface area contributed by atoms with Crippen molar-refractivity contribution in [3.63, 3.8) is 0 Å². The van der Waals surface area contributed by atoms with Crippen LogP contribution in [0.3, 0.4) is 0 Å². The topological polar surface area (TPSA) is 28.2 Å². The van der Waals surface area contributed by atoms with Gasteiger partial charge in [-0.25, -0.2) is 0 Å². The number of pyridine rings is 1. The van der Waals surface area contributed by atoms with Crippen LogP contribution in [-0.4, -0.2) is 35.6 Å². The Morgan fingerprint density at radius 3 is 2.71 bits per heavy atom. The summed E-state index contributed by atoms with van der Waals surface area (Å²) in [7, 11) is 0. The van der Waals surface area contributed by atoms with E-state index >= 15 is 0 Å². The lowest BCUT2D eigenvalue weighted by Gasteiger charge is -2.32. The molecule has 1 aromatic carbocycles. The summed E-state index contributed by atoms with van der Waals surface area (Å²) in [4.78, 5) is 6.95. The summed E-state index contributed by atoms with van der Waals surface area (Å²) >= 11 is 0. The molecule has 3 nitrogen and oxygen atoms in total. The van der Waals surface area contributed by atoms with Gasteiger partial charge in [0.2, 0.25) is 0 Å². The molecule has 1 aliphatic heterocycles. The van der Waals surface area contributed by atoms with Gasteiger partial charge in [0.05, 0.1) is 5.69 Å². The number of benzene rings is 1. The van der Waals surface area contributed by atoms with Gasteiger partial charge in [0.15, 0.2) is 0 Å². The van der Waals surface area contributed by atoms with Crippen LogP contribution in [0.15, 0.2) is 48.7 Å². The highest BCUT2D eigenvalue weighted by Crippen LogP contribution is 2.17. The number of piperidine rings is 1. The van der Waals surface area contributed by atoms with Gasteiger partial charge in [-0.05, 0) is 43.4 Å². The van der Waals surface area contributed by atoms with Gasteiger partial charge in [-0.1, -0.05) is 42.8 Å². The Balaban J connectivity index is 1.41. The molecule has 2 heterocycles. The van der Waals surface area contributed by atoms with E-state index < -0.39 is 0 Å². The fourth-order valence-corrected chi connectivity index (χ4v) is 3.45. The molecule has 1 aromatic heterocycles. The predicted octanol–water partition coefficient (Wildman–Crippen LogP) is 3.75. The quantitative estimate of drug-likeness (QED) is 0.877. The van der Waals surface area contributed by atoms with Crippen LogP contribution < -0.4 is 5.32 Å². The van der Waals surface area contributed by atoms with Crippen LogP contribution in [0.25, 0.3) is 0 Å². The van der Waals surface area contributed by atoms with Crippen molar-refractivity contribution in [3.8, 4) is 0 Å². The predicted molar refractivity (Wildman–Crippen MR) is 100 cm³/mol. The second-order valence-electron chi connectivity index (χ2n) is 7.09. The molecule has 0 bridgehead atoms. The largest absolute Gasteiger partial charge is 0.313 e. The number of likely N-dealkylation sites (tertiary alicyclic amines) is 1. The van der Waals surface area contributed by atoms with Gasteiger partial charge >= 0.3 is 0 Å². The molecule has 0 saturated carbocycles. The molecule has 1 N–H and O–H groups in total. The summed E-state index contributed by atoms with van der Waals surface area (Å²) in [6.45, 7) is 8.85. The lowest BCUT2D eigenvalue weighted by molar-refractivity contribution is 0.188. The molecule has 1 saturated heterocycles. The van der Waals surface area contributed by atoms with Gasteiger partial charge in [0.1, 0.15) is 0 Å². The molecular formula is C21H29N3. The molecule has 2 aromatic rings. The van der Waals surface area contributed by atoms with Crippen molar-refractivity contribution in [2.24, 2.45) is 0 Å². The Morgan fingerprint density at radius 2 is 2.00 bits per heavy atom. The van der Waals surface area contributed by atoms with Crippen LogP contribution in [0.2, 0.25) is 0 Å². The molecule has 1 fully saturated rings. The lowest BCUT2D eigenvalue weighted by atomic mass is 9.98. The maximum absolute atomic E-state index is 4.43. The SMILES string of the molecule is Cc1cccc(C(C)CNC2CCN(Cc3ccccn3)CC2)c1. The van der Waals surface area contributed by atoms with E-state index in [0.29, 0.717) is 12.0 Å². The average Bonchev–Trinajstić information content (AvgIpc) is 2.62. The van der Waals surface area contributed by atoms with Crippen molar-refractivity contribution in [2.45, 2.75) is 45.2 Å². The summed E-state index contributed by atoms with van der Waals surface area (Å²) in [5.41, 5.74) is 3.97. The van der Waals surface area contributed by atoms with Crippen molar-refractivity contribution < 1.29 is 0 Å². The monoisotopic (exact) mass is 323 g/mol. The third-order valence-corrected chi connectivity index (χ3v) is 5.02. The highest BCUT2D eigenvalue weighted by Gasteiger charge is 2.19. The highest BCUT2D eigenvalue weighted by molar-refractivity contribution is 5.25. The van der Waals surface area contributed by atoms with Crippen LogP contribution in [0.1, 0.15) is 42.5 Å². The van der Waals surface area contributed by atoms with Crippen molar-refractivity contribution in [1.29, 1.82) is 0 Å². The van der Waals surface area contributed by atoms with Crippen LogP contribution in [0.5, 0.6) is 0 Å². The maximum atomic E-state index is 4.43. The average molecular weight is 323 g/mol. The third-order valence-electron chi connectivity index (χ3n) is 5.02. The normalized spacial score (nSPS) is 17.8. The summed E-state index contributed by atoms with van der Waals surface area (Å²) in [6.07, 6.45) is 4.34. The Labute approximate surface area is 146 Å². The first-order valence-electron chi connectivity index (χ1n) is 9.13. The molecule has 0 aliphatic carbocycles. The van der Waals surface area contributed by atoms with Gasteiger partial charge < -0.3 is 5.32 Å². The minimum absolute atomic E-state index is 0.566. The fraction of sp³-hybridized carbons (Fsp3) is 0.476. The van der Waals surface area contributed by atoms with E-state index in [1.54, 1.807) is 0 Å².